The van der Waals surface area contributed by atoms with Crippen LogP contribution in [0.5, 0.6) is 0 Å². The van der Waals surface area contributed by atoms with E-state index < -0.39 is 5.95 Å². The maximum atomic E-state index is 12.9. The number of halogens is 1. The number of nitrogens with zero attached hydrogens (tertiary/aromatic N) is 2. The van der Waals surface area contributed by atoms with E-state index in [4.69, 9.17) is 0 Å². The zero-order chi connectivity index (χ0) is 13.4. The summed E-state index contributed by atoms with van der Waals surface area (Å²) in [7, 11) is 2.16. The zero-order valence-electron chi connectivity index (χ0n) is 11.2. The normalized spacial score (nSPS) is 19.2. The van der Waals surface area contributed by atoms with Gasteiger partial charge in [-0.3, -0.25) is 4.90 Å². The lowest BCUT2D eigenvalue weighted by atomic mass is 9.91. The monoisotopic (exact) mass is 256 g/mol. The zero-order valence-corrected chi connectivity index (χ0v) is 11.2. The molecule has 1 aliphatic heterocycles. The van der Waals surface area contributed by atoms with Crippen LogP contribution in [0.25, 0.3) is 11.1 Å². The van der Waals surface area contributed by atoms with E-state index in [-0.39, 0.29) is 0 Å². The van der Waals surface area contributed by atoms with Crippen molar-refractivity contribution in [3.05, 3.63) is 53.6 Å². The maximum absolute atomic E-state index is 12.9. The predicted octanol–water partition coefficient (Wildman–Crippen LogP) is 3.44. The Morgan fingerprint density at radius 2 is 2.00 bits per heavy atom. The van der Waals surface area contributed by atoms with E-state index in [1.807, 2.05) is 0 Å². The summed E-state index contributed by atoms with van der Waals surface area (Å²) in [6.45, 7) is 3.32. The molecule has 1 aliphatic rings. The van der Waals surface area contributed by atoms with E-state index in [0.29, 0.717) is 6.04 Å². The van der Waals surface area contributed by atoms with Crippen molar-refractivity contribution in [2.24, 2.45) is 0 Å². The average Bonchev–Trinajstić information content (AvgIpc) is 2.43. The number of rotatable bonds is 1. The van der Waals surface area contributed by atoms with Gasteiger partial charge < -0.3 is 0 Å². The minimum atomic E-state index is -0.433. The van der Waals surface area contributed by atoms with Crippen LogP contribution in [0.15, 0.2) is 36.5 Å². The van der Waals surface area contributed by atoms with Crippen LogP contribution in [-0.4, -0.2) is 23.5 Å². The van der Waals surface area contributed by atoms with Crippen LogP contribution in [0.2, 0.25) is 0 Å². The Bertz CT molecular complexity index is 592. The molecule has 19 heavy (non-hydrogen) atoms. The third kappa shape index (κ3) is 2.26. The van der Waals surface area contributed by atoms with Crippen LogP contribution < -0.4 is 0 Å². The summed E-state index contributed by atoms with van der Waals surface area (Å²) >= 11 is 0. The SMILES string of the molecule is CC1c2ccc(-c3ccc(F)nc3)cc2CCN1C. The topological polar surface area (TPSA) is 16.1 Å². The Hall–Kier alpha value is -1.74. The van der Waals surface area contributed by atoms with E-state index in [2.05, 4.69) is 42.1 Å². The highest BCUT2D eigenvalue weighted by molar-refractivity contribution is 5.64. The Kier molecular flexibility index (Phi) is 3.07. The van der Waals surface area contributed by atoms with Crippen molar-refractivity contribution in [3.8, 4) is 11.1 Å². The highest BCUT2D eigenvalue weighted by Crippen LogP contribution is 2.31. The van der Waals surface area contributed by atoms with Crippen LogP contribution in [-0.2, 0) is 6.42 Å². The van der Waals surface area contributed by atoms with Gasteiger partial charge >= 0.3 is 0 Å². The molecule has 0 aliphatic carbocycles. The summed E-state index contributed by atoms with van der Waals surface area (Å²) < 4.78 is 12.9. The van der Waals surface area contributed by atoms with Gasteiger partial charge in [0.05, 0.1) is 0 Å². The second-order valence-corrected chi connectivity index (χ2v) is 5.19. The lowest BCUT2D eigenvalue weighted by molar-refractivity contribution is 0.247. The third-order valence-corrected chi connectivity index (χ3v) is 4.05. The average molecular weight is 256 g/mol. The van der Waals surface area contributed by atoms with Crippen LogP contribution in [0, 0.1) is 5.95 Å². The maximum Gasteiger partial charge on any atom is 0.212 e. The first-order valence-electron chi connectivity index (χ1n) is 6.60. The van der Waals surface area contributed by atoms with E-state index in [0.717, 1.165) is 24.1 Å². The fraction of sp³-hybridized carbons (Fsp3) is 0.312. The van der Waals surface area contributed by atoms with Crippen molar-refractivity contribution in [2.45, 2.75) is 19.4 Å². The molecule has 0 spiro atoms. The van der Waals surface area contributed by atoms with E-state index >= 15 is 0 Å². The molecule has 3 rings (SSSR count). The van der Waals surface area contributed by atoms with Crippen molar-refractivity contribution >= 4 is 0 Å². The molecule has 2 nitrogen and oxygen atoms in total. The van der Waals surface area contributed by atoms with Crippen LogP contribution in [0.4, 0.5) is 4.39 Å². The van der Waals surface area contributed by atoms with Gasteiger partial charge in [-0.25, -0.2) is 4.98 Å². The van der Waals surface area contributed by atoms with Crippen LogP contribution in [0.3, 0.4) is 0 Å². The van der Waals surface area contributed by atoms with Gasteiger partial charge in [0.2, 0.25) is 5.95 Å². The summed E-state index contributed by atoms with van der Waals surface area (Å²) in [6, 6.07) is 10.2. The smallest absolute Gasteiger partial charge is 0.212 e. The fourth-order valence-corrected chi connectivity index (χ4v) is 2.68. The van der Waals surface area contributed by atoms with Crippen molar-refractivity contribution in [3.63, 3.8) is 0 Å². The quantitative estimate of drug-likeness (QED) is 0.727. The standard InChI is InChI=1S/C16H17FN2/c1-11-15-5-3-12(9-13(15)7-8-19(11)2)14-4-6-16(17)18-10-14/h3-6,9-11H,7-8H2,1-2H3. The van der Waals surface area contributed by atoms with Gasteiger partial charge in [-0.1, -0.05) is 18.2 Å². The predicted molar refractivity (Wildman–Crippen MR) is 74.4 cm³/mol. The summed E-state index contributed by atoms with van der Waals surface area (Å²) in [5, 5.41) is 0. The first-order valence-corrected chi connectivity index (χ1v) is 6.60. The van der Waals surface area contributed by atoms with E-state index in [1.54, 1.807) is 12.3 Å². The Labute approximate surface area is 112 Å². The Morgan fingerprint density at radius 3 is 2.74 bits per heavy atom. The number of hydrogen-bond donors (Lipinski definition) is 0. The molecule has 0 saturated heterocycles. The number of pyridine rings is 1. The first-order chi connectivity index (χ1) is 9.15. The lowest BCUT2D eigenvalue weighted by Gasteiger charge is -2.32. The summed E-state index contributed by atoms with van der Waals surface area (Å²) in [6.07, 6.45) is 2.66. The molecule has 1 aromatic heterocycles. The highest BCUT2D eigenvalue weighted by atomic mass is 19.1. The molecule has 1 aromatic carbocycles. The summed E-state index contributed by atoms with van der Waals surface area (Å²) in [5.41, 5.74) is 4.87. The minimum absolute atomic E-state index is 0.433. The highest BCUT2D eigenvalue weighted by Gasteiger charge is 2.20. The second kappa shape index (κ2) is 4.74. The molecular weight excluding hydrogens is 239 g/mol. The molecule has 0 fully saturated rings. The number of fused-ring (bicyclic) bond motifs is 1. The largest absolute Gasteiger partial charge is 0.299 e. The summed E-state index contributed by atoms with van der Waals surface area (Å²) in [4.78, 5) is 6.08. The Balaban J connectivity index is 2.00. The van der Waals surface area contributed by atoms with Gasteiger partial charge in [0, 0.05) is 24.3 Å². The molecule has 1 unspecified atom stereocenters. The van der Waals surface area contributed by atoms with Gasteiger partial charge in [0.1, 0.15) is 0 Å². The molecule has 0 N–H and O–H groups in total. The van der Waals surface area contributed by atoms with Gasteiger partial charge in [0.15, 0.2) is 0 Å². The van der Waals surface area contributed by atoms with Crippen molar-refractivity contribution in [1.82, 2.24) is 9.88 Å². The minimum Gasteiger partial charge on any atom is -0.299 e. The van der Waals surface area contributed by atoms with Gasteiger partial charge in [-0.15, -0.1) is 0 Å². The molecule has 1 atom stereocenters. The number of benzene rings is 1. The molecule has 2 aromatic rings. The van der Waals surface area contributed by atoms with Gasteiger partial charge in [-0.05, 0) is 49.2 Å². The van der Waals surface area contributed by atoms with Crippen molar-refractivity contribution < 1.29 is 4.39 Å². The van der Waals surface area contributed by atoms with Gasteiger partial charge in [0.25, 0.3) is 0 Å². The lowest BCUT2D eigenvalue weighted by Crippen LogP contribution is -2.30. The molecule has 2 heterocycles. The molecule has 0 amide bonds. The van der Waals surface area contributed by atoms with E-state index in [9.17, 15) is 4.39 Å². The van der Waals surface area contributed by atoms with Crippen LogP contribution in [0.1, 0.15) is 24.1 Å². The molecule has 3 heteroatoms. The van der Waals surface area contributed by atoms with Gasteiger partial charge in [-0.2, -0.15) is 4.39 Å². The number of likely N-dealkylation sites (N-methyl/N-ethyl adjacent to an activating group) is 1. The third-order valence-electron chi connectivity index (χ3n) is 4.05. The number of hydrogen-bond acceptors (Lipinski definition) is 2. The Morgan fingerprint density at radius 1 is 1.21 bits per heavy atom. The first kappa shape index (κ1) is 12.3. The van der Waals surface area contributed by atoms with E-state index in [1.165, 1.54) is 17.2 Å². The molecule has 0 saturated carbocycles. The summed E-state index contributed by atoms with van der Waals surface area (Å²) in [5.74, 6) is -0.433. The second-order valence-electron chi connectivity index (χ2n) is 5.19. The fourth-order valence-electron chi connectivity index (χ4n) is 2.68. The number of aromatic nitrogens is 1. The molecular formula is C16H17FN2. The van der Waals surface area contributed by atoms with Crippen molar-refractivity contribution in [2.75, 3.05) is 13.6 Å². The van der Waals surface area contributed by atoms with Crippen molar-refractivity contribution in [1.29, 1.82) is 0 Å². The molecule has 0 bridgehead atoms. The molecule has 0 radical (unpaired) electrons. The molecule has 98 valence electrons. The van der Waals surface area contributed by atoms with Crippen LogP contribution >= 0.6 is 0 Å².